The van der Waals surface area contributed by atoms with Gasteiger partial charge in [-0.3, -0.25) is 0 Å². The van der Waals surface area contributed by atoms with Crippen molar-refractivity contribution in [3.05, 3.63) is 157 Å². The van der Waals surface area contributed by atoms with Gasteiger partial charge < -0.3 is 29.9 Å². The van der Waals surface area contributed by atoms with Crippen molar-refractivity contribution in [2.75, 3.05) is 30.6 Å². The Hall–Kier alpha value is -5.30. The third-order valence-electron chi connectivity index (χ3n) is 7.55. The maximum Gasteiger partial charge on any atom is 0.117 e. The second-order valence-electron chi connectivity index (χ2n) is 11.4. The van der Waals surface area contributed by atoms with Gasteiger partial charge in [0, 0.05) is 48.2 Å². The van der Waals surface area contributed by atoms with E-state index in [2.05, 4.69) is 121 Å². The van der Waals surface area contributed by atoms with E-state index in [-0.39, 0.29) is 11.8 Å². The molecule has 0 bridgehead atoms. The van der Waals surface area contributed by atoms with Crippen LogP contribution in [-0.4, -0.2) is 42.2 Å². The molecular formula is C48H64N2O4. The number of aliphatic hydroxyl groups is 2. The molecule has 0 saturated carbocycles. The Balaban J connectivity index is 0.000000998. The van der Waals surface area contributed by atoms with E-state index in [4.69, 9.17) is 14.9 Å². The molecule has 5 aromatic rings. The largest absolute Gasteiger partial charge is 0.508 e. The summed E-state index contributed by atoms with van der Waals surface area (Å²) in [4.78, 5) is 4.51. The number of hydrogen-bond donors (Lipinski definition) is 3. The van der Waals surface area contributed by atoms with E-state index in [1.54, 1.807) is 19.2 Å². The Morgan fingerprint density at radius 1 is 0.611 bits per heavy atom. The summed E-state index contributed by atoms with van der Waals surface area (Å²) in [5.41, 5.74) is 7.50. The molecule has 6 nitrogen and oxygen atoms in total. The number of benzene rings is 5. The standard InChI is InChI=1S/C37H32N2O2.C3H8O.C3H8.2C2H6.CH4O/c1-41-37-17-9-15-35(27-37)39(31-12-6-3-7-13-31)33-24-20-29(21-25-33)28-18-22-32(23-19-28)38(30-10-4-2-5-11-30)34-14-8-16-36(40)26-34;1-2-3-4;1-3-2;3*1-2/h2-14,16-27,35,40H,15H2,1H3;4H,2-3H2,1H3;3H2,1-2H3;2*1-2H3;2H,1H3. The van der Waals surface area contributed by atoms with E-state index in [0.29, 0.717) is 6.61 Å². The normalized spacial score (nSPS) is 12.1. The van der Waals surface area contributed by atoms with Crippen LogP contribution in [0.25, 0.3) is 11.1 Å². The topological polar surface area (TPSA) is 76.4 Å². The molecule has 1 aliphatic carbocycles. The number of rotatable bonds is 9. The Morgan fingerprint density at radius 2 is 1.04 bits per heavy atom. The second kappa shape index (κ2) is 28.2. The fourth-order valence-corrected chi connectivity index (χ4v) is 5.35. The molecule has 54 heavy (non-hydrogen) atoms. The predicted molar refractivity (Wildman–Crippen MR) is 234 cm³/mol. The number of aliphatic hydroxyl groups excluding tert-OH is 2. The number of para-hydroxylation sites is 2. The maximum atomic E-state index is 10.1. The van der Waals surface area contributed by atoms with Gasteiger partial charge in [0.1, 0.15) is 11.5 Å². The molecule has 1 aliphatic rings. The van der Waals surface area contributed by atoms with Crippen LogP contribution in [0.5, 0.6) is 5.75 Å². The molecule has 0 spiro atoms. The number of ether oxygens (including phenoxy) is 1. The quantitative estimate of drug-likeness (QED) is 0.140. The van der Waals surface area contributed by atoms with Crippen molar-refractivity contribution in [1.82, 2.24) is 0 Å². The van der Waals surface area contributed by atoms with Crippen molar-refractivity contribution in [1.29, 1.82) is 0 Å². The number of anilines is 5. The third kappa shape index (κ3) is 14.6. The molecule has 5 aromatic carbocycles. The highest BCUT2D eigenvalue weighted by atomic mass is 16.5. The van der Waals surface area contributed by atoms with Crippen LogP contribution in [0.4, 0.5) is 28.4 Å². The average molecular weight is 733 g/mol. The monoisotopic (exact) mass is 732 g/mol. The SMILES string of the molecule is CC.CC.CCC.CCCO.CO.COC1=CC(N(c2ccccc2)c2ccc(-c3ccc(N(c4ccccc4)c4cccc(O)c4)cc3)cc2)CC=C1. The van der Waals surface area contributed by atoms with Crippen LogP contribution in [-0.2, 0) is 4.74 Å². The molecule has 0 fully saturated rings. The lowest BCUT2D eigenvalue weighted by atomic mass is 10.0. The number of methoxy groups -OCH3 is 1. The van der Waals surface area contributed by atoms with Gasteiger partial charge in [0.05, 0.1) is 13.2 Å². The Labute approximate surface area is 326 Å². The highest BCUT2D eigenvalue weighted by Gasteiger charge is 2.21. The number of aromatic hydroxyl groups is 1. The van der Waals surface area contributed by atoms with Crippen molar-refractivity contribution < 1.29 is 20.1 Å². The summed E-state index contributed by atoms with van der Waals surface area (Å²) in [6.45, 7) is 14.5. The van der Waals surface area contributed by atoms with E-state index in [9.17, 15) is 5.11 Å². The van der Waals surface area contributed by atoms with Crippen molar-refractivity contribution in [3.63, 3.8) is 0 Å². The fourth-order valence-electron chi connectivity index (χ4n) is 5.35. The van der Waals surface area contributed by atoms with E-state index in [1.807, 2.05) is 77.1 Å². The van der Waals surface area contributed by atoms with Crippen LogP contribution in [0.2, 0.25) is 0 Å². The third-order valence-corrected chi connectivity index (χ3v) is 7.55. The van der Waals surface area contributed by atoms with Crippen LogP contribution >= 0.6 is 0 Å². The first-order valence-corrected chi connectivity index (χ1v) is 19.2. The molecule has 0 saturated heterocycles. The molecule has 6 rings (SSSR count). The van der Waals surface area contributed by atoms with Gasteiger partial charge in [-0.05, 0) is 96.8 Å². The second-order valence-corrected chi connectivity index (χ2v) is 11.4. The van der Waals surface area contributed by atoms with Crippen LogP contribution in [0.3, 0.4) is 0 Å². The Morgan fingerprint density at radius 3 is 1.50 bits per heavy atom. The minimum atomic E-state index is 0.156. The zero-order chi connectivity index (χ0) is 40.1. The van der Waals surface area contributed by atoms with Crippen molar-refractivity contribution >= 4 is 28.4 Å². The molecule has 1 unspecified atom stereocenters. The minimum absolute atomic E-state index is 0.156. The van der Waals surface area contributed by atoms with Gasteiger partial charge >= 0.3 is 0 Å². The summed E-state index contributed by atoms with van der Waals surface area (Å²) in [6, 6.07) is 45.5. The summed E-state index contributed by atoms with van der Waals surface area (Å²) >= 11 is 0. The van der Waals surface area contributed by atoms with Gasteiger partial charge in [0.2, 0.25) is 0 Å². The van der Waals surface area contributed by atoms with Crippen LogP contribution in [0.1, 0.15) is 67.7 Å². The highest BCUT2D eigenvalue weighted by molar-refractivity contribution is 5.79. The summed E-state index contributed by atoms with van der Waals surface area (Å²) in [5, 5.41) is 25.0. The molecular weight excluding hydrogens is 669 g/mol. The molecule has 6 heteroatoms. The Kier molecular flexibility index (Phi) is 24.4. The zero-order valence-electron chi connectivity index (χ0n) is 34.0. The van der Waals surface area contributed by atoms with Gasteiger partial charge in [-0.2, -0.15) is 0 Å². The number of phenols is 1. The van der Waals surface area contributed by atoms with Crippen molar-refractivity contribution in [2.24, 2.45) is 0 Å². The molecule has 0 heterocycles. The highest BCUT2D eigenvalue weighted by Crippen LogP contribution is 2.37. The molecule has 1 atom stereocenters. The lowest BCUT2D eigenvalue weighted by Crippen LogP contribution is -2.30. The molecule has 3 N–H and O–H groups in total. The van der Waals surface area contributed by atoms with Gasteiger partial charge in [-0.25, -0.2) is 0 Å². The predicted octanol–water partition coefficient (Wildman–Crippen LogP) is 13.0. The fraction of sp³-hybridized carbons (Fsp3) is 0.292. The van der Waals surface area contributed by atoms with Crippen LogP contribution < -0.4 is 9.80 Å². The molecule has 0 aliphatic heterocycles. The van der Waals surface area contributed by atoms with Gasteiger partial charge in [0.15, 0.2) is 0 Å². The van der Waals surface area contributed by atoms with Gasteiger partial charge in [-0.1, -0.05) is 128 Å². The van der Waals surface area contributed by atoms with E-state index >= 15 is 0 Å². The summed E-state index contributed by atoms with van der Waals surface area (Å²) in [5.74, 6) is 1.12. The first-order valence-electron chi connectivity index (χ1n) is 19.2. The number of phenolic OH excluding ortho intramolecular Hbond substituents is 1. The molecule has 0 aromatic heterocycles. The van der Waals surface area contributed by atoms with Crippen molar-refractivity contribution in [2.45, 2.75) is 73.8 Å². The Bertz CT molecular complexity index is 1700. The zero-order valence-corrected chi connectivity index (χ0v) is 34.0. The van der Waals surface area contributed by atoms with Gasteiger partial charge in [-0.15, -0.1) is 0 Å². The summed E-state index contributed by atoms with van der Waals surface area (Å²) in [7, 11) is 2.72. The van der Waals surface area contributed by atoms with Crippen molar-refractivity contribution in [3.8, 4) is 16.9 Å². The lowest BCUT2D eigenvalue weighted by Gasteiger charge is -2.33. The lowest BCUT2D eigenvalue weighted by molar-refractivity contribution is 0.295. The number of nitrogens with zero attached hydrogens (tertiary/aromatic N) is 2. The summed E-state index contributed by atoms with van der Waals surface area (Å²) in [6.07, 6.45) is 9.42. The van der Waals surface area contributed by atoms with Crippen LogP contribution in [0.15, 0.2) is 157 Å². The first-order chi connectivity index (χ1) is 26.5. The van der Waals surface area contributed by atoms with E-state index in [0.717, 1.165) is 65.3 Å². The molecule has 0 amide bonds. The maximum absolute atomic E-state index is 10.1. The number of allylic oxidation sites excluding steroid dienone is 1. The molecule has 290 valence electrons. The van der Waals surface area contributed by atoms with Gasteiger partial charge in [0.25, 0.3) is 0 Å². The van der Waals surface area contributed by atoms with Crippen LogP contribution in [0, 0.1) is 0 Å². The smallest absolute Gasteiger partial charge is 0.117 e. The van der Waals surface area contributed by atoms with E-state index in [1.165, 1.54) is 6.42 Å². The minimum Gasteiger partial charge on any atom is -0.508 e. The summed E-state index contributed by atoms with van der Waals surface area (Å²) < 4.78 is 5.54. The first kappa shape index (κ1) is 46.7. The van der Waals surface area contributed by atoms with E-state index < -0.39 is 0 Å². The molecule has 0 radical (unpaired) electrons. The average Bonchev–Trinajstić information content (AvgIpc) is 3.25. The number of hydrogen-bond acceptors (Lipinski definition) is 6.